The molecule has 0 aliphatic rings. The van der Waals surface area contributed by atoms with Crippen molar-refractivity contribution in [2.75, 3.05) is 16.5 Å². The maximum absolute atomic E-state index is 12.3. The van der Waals surface area contributed by atoms with E-state index >= 15 is 0 Å². The van der Waals surface area contributed by atoms with Gasteiger partial charge >= 0.3 is 0 Å². The minimum Gasteiger partial charge on any atom is -0.393 e. The van der Waals surface area contributed by atoms with Crippen molar-refractivity contribution in [3.8, 4) is 0 Å². The minimum absolute atomic E-state index is 0.269. The highest BCUT2D eigenvalue weighted by Gasteiger charge is 2.11. The van der Waals surface area contributed by atoms with Crippen LogP contribution in [0.25, 0.3) is 0 Å². The lowest BCUT2D eigenvalue weighted by Crippen LogP contribution is -2.30. The van der Waals surface area contributed by atoms with Gasteiger partial charge in [0.25, 0.3) is 5.91 Å². The van der Waals surface area contributed by atoms with E-state index in [1.54, 1.807) is 6.07 Å². The fraction of sp³-hybridized carbons (Fsp3) is 0.105. The van der Waals surface area contributed by atoms with Gasteiger partial charge in [0, 0.05) is 11.3 Å². The Morgan fingerprint density at radius 3 is 2.38 bits per heavy atom. The summed E-state index contributed by atoms with van der Waals surface area (Å²) in [5.41, 5.74) is 15.3. The summed E-state index contributed by atoms with van der Waals surface area (Å²) in [5.74, 6) is 0.502. The molecule has 3 rings (SSSR count). The number of anilines is 4. The fourth-order valence-electron chi connectivity index (χ4n) is 2.38. The number of amides is 1. The summed E-state index contributed by atoms with van der Waals surface area (Å²) < 4.78 is 0. The Balaban J connectivity index is 1.72. The zero-order valence-electron chi connectivity index (χ0n) is 14.6. The number of carbonyl (C=O) groups excluding carboxylic acids is 1. The first-order chi connectivity index (χ1) is 12.5. The molecule has 0 radical (unpaired) electrons. The molecule has 0 atom stereocenters. The van der Waals surface area contributed by atoms with Gasteiger partial charge in [-0.05, 0) is 37.6 Å². The highest BCUT2D eigenvalue weighted by Crippen LogP contribution is 2.25. The number of nitrogens with one attached hydrogen (secondary N) is 3. The van der Waals surface area contributed by atoms with Gasteiger partial charge in [-0.3, -0.25) is 15.6 Å². The summed E-state index contributed by atoms with van der Waals surface area (Å²) in [4.78, 5) is 20.5. The number of hydrogen-bond acceptors (Lipinski definition) is 6. The maximum atomic E-state index is 12.3. The van der Waals surface area contributed by atoms with Crippen LogP contribution >= 0.6 is 0 Å². The Kier molecular flexibility index (Phi) is 4.98. The Morgan fingerprint density at radius 1 is 0.962 bits per heavy atom. The molecule has 1 amide bonds. The normalized spacial score (nSPS) is 10.2. The number of carbonyl (C=O) groups is 1. The van der Waals surface area contributed by atoms with Gasteiger partial charge in [-0.2, -0.15) is 0 Å². The largest absolute Gasteiger partial charge is 0.393 e. The highest BCUT2D eigenvalue weighted by atomic mass is 16.2. The molecule has 1 heterocycles. The van der Waals surface area contributed by atoms with E-state index in [1.165, 1.54) is 6.33 Å². The fourth-order valence-corrected chi connectivity index (χ4v) is 2.38. The zero-order chi connectivity index (χ0) is 18.5. The summed E-state index contributed by atoms with van der Waals surface area (Å²) in [6.07, 6.45) is 1.37. The smallest absolute Gasteiger partial charge is 0.269 e. The third kappa shape index (κ3) is 3.89. The van der Waals surface area contributed by atoms with Crippen molar-refractivity contribution in [2.45, 2.75) is 13.8 Å². The van der Waals surface area contributed by atoms with Crippen LogP contribution in [0, 0.1) is 13.8 Å². The molecule has 0 unspecified atom stereocenters. The van der Waals surface area contributed by atoms with Gasteiger partial charge in [-0.25, -0.2) is 9.97 Å². The van der Waals surface area contributed by atoms with Crippen LogP contribution in [0.3, 0.4) is 0 Å². The molecule has 7 nitrogen and oxygen atoms in total. The third-order valence-corrected chi connectivity index (χ3v) is 3.88. The molecule has 5 N–H and O–H groups in total. The topological polar surface area (TPSA) is 105 Å². The predicted octanol–water partition coefficient (Wildman–Crippen LogP) is 3.18. The van der Waals surface area contributed by atoms with Crippen molar-refractivity contribution >= 4 is 28.9 Å². The van der Waals surface area contributed by atoms with Gasteiger partial charge in [0.1, 0.15) is 12.0 Å². The lowest BCUT2D eigenvalue weighted by atomic mass is 10.1. The molecule has 0 saturated heterocycles. The molecule has 1 aromatic heterocycles. The third-order valence-electron chi connectivity index (χ3n) is 3.88. The summed E-state index contributed by atoms with van der Waals surface area (Å²) in [6, 6.07) is 15.2. The second kappa shape index (κ2) is 7.52. The molecule has 132 valence electrons. The van der Waals surface area contributed by atoms with Gasteiger partial charge in [-0.1, -0.05) is 35.9 Å². The number of nitrogen functional groups attached to an aromatic ring is 1. The Morgan fingerprint density at radius 2 is 1.65 bits per heavy atom. The van der Waals surface area contributed by atoms with Crippen molar-refractivity contribution < 1.29 is 4.79 Å². The molecular weight excluding hydrogens is 328 g/mol. The standard InChI is InChI=1S/C19H20N6O/c1-12-7-9-14(10-8-12)23-17-16(20)18(22-11-21-17)24-25-19(26)15-6-4-3-5-13(15)2/h3-11H,20H2,1-2H3,(H,25,26)(H2,21,22,23,24). The van der Waals surface area contributed by atoms with Crippen LogP contribution in [0.4, 0.5) is 23.0 Å². The SMILES string of the molecule is Cc1ccc(Nc2ncnc(NNC(=O)c3ccccc3C)c2N)cc1. The molecule has 3 aromatic rings. The van der Waals surface area contributed by atoms with Crippen LogP contribution in [0.2, 0.25) is 0 Å². The molecular formula is C19H20N6O. The molecule has 26 heavy (non-hydrogen) atoms. The zero-order valence-corrected chi connectivity index (χ0v) is 14.6. The van der Waals surface area contributed by atoms with E-state index in [1.807, 2.05) is 56.3 Å². The lowest BCUT2D eigenvalue weighted by molar-refractivity contribution is 0.0962. The van der Waals surface area contributed by atoms with Crippen LogP contribution < -0.4 is 21.9 Å². The second-order valence-corrected chi connectivity index (χ2v) is 5.87. The average molecular weight is 348 g/mol. The van der Waals surface area contributed by atoms with Crippen LogP contribution in [0.1, 0.15) is 21.5 Å². The molecule has 0 aliphatic heterocycles. The van der Waals surface area contributed by atoms with Crippen molar-refractivity contribution in [2.24, 2.45) is 0 Å². The number of hydrazine groups is 1. The summed E-state index contributed by atoms with van der Waals surface area (Å²) in [6.45, 7) is 3.89. The summed E-state index contributed by atoms with van der Waals surface area (Å²) >= 11 is 0. The average Bonchev–Trinajstić information content (AvgIpc) is 2.64. The number of aryl methyl sites for hydroxylation is 2. The number of rotatable bonds is 5. The van der Waals surface area contributed by atoms with Crippen LogP contribution in [0.5, 0.6) is 0 Å². The lowest BCUT2D eigenvalue weighted by Gasteiger charge is -2.13. The Hall–Kier alpha value is -3.61. The second-order valence-electron chi connectivity index (χ2n) is 5.87. The number of hydrogen-bond donors (Lipinski definition) is 4. The van der Waals surface area contributed by atoms with E-state index in [4.69, 9.17) is 5.73 Å². The summed E-state index contributed by atoms with van der Waals surface area (Å²) in [5, 5.41) is 3.14. The van der Waals surface area contributed by atoms with Gasteiger partial charge < -0.3 is 11.1 Å². The van der Waals surface area contributed by atoms with Crippen molar-refractivity contribution in [1.29, 1.82) is 0 Å². The number of benzene rings is 2. The van der Waals surface area contributed by atoms with Crippen LogP contribution in [-0.2, 0) is 0 Å². The predicted molar refractivity (Wildman–Crippen MR) is 103 cm³/mol. The van der Waals surface area contributed by atoms with Gasteiger partial charge in [-0.15, -0.1) is 0 Å². The maximum Gasteiger partial charge on any atom is 0.269 e. The summed E-state index contributed by atoms with van der Waals surface area (Å²) in [7, 11) is 0. The molecule has 0 bridgehead atoms. The van der Waals surface area contributed by atoms with E-state index in [0.717, 1.165) is 16.8 Å². The van der Waals surface area contributed by atoms with Gasteiger partial charge in [0.05, 0.1) is 0 Å². The van der Waals surface area contributed by atoms with E-state index < -0.39 is 0 Å². The first-order valence-electron chi connectivity index (χ1n) is 8.11. The molecule has 0 aliphatic carbocycles. The minimum atomic E-state index is -0.269. The highest BCUT2D eigenvalue weighted by molar-refractivity contribution is 5.96. The molecule has 0 saturated carbocycles. The van der Waals surface area contributed by atoms with E-state index in [9.17, 15) is 4.79 Å². The number of nitrogens with two attached hydrogens (primary N) is 1. The molecule has 0 spiro atoms. The van der Waals surface area contributed by atoms with Crippen LogP contribution in [-0.4, -0.2) is 15.9 Å². The van der Waals surface area contributed by atoms with Crippen LogP contribution in [0.15, 0.2) is 54.9 Å². The Labute approximate surface area is 151 Å². The first kappa shape index (κ1) is 17.2. The van der Waals surface area contributed by atoms with Gasteiger partial charge in [0.2, 0.25) is 0 Å². The van der Waals surface area contributed by atoms with E-state index in [-0.39, 0.29) is 5.91 Å². The van der Waals surface area contributed by atoms with Gasteiger partial charge in [0.15, 0.2) is 11.6 Å². The molecule has 7 heteroatoms. The quantitative estimate of drug-likeness (QED) is 0.528. The van der Waals surface area contributed by atoms with Crippen molar-refractivity contribution in [3.05, 3.63) is 71.5 Å². The monoisotopic (exact) mass is 348 g/mol. The first-order valence-corrected chi connectivity index (χ1v) is 8.11. The van der Waals surface area contributed by atoms with E-state index in [2.05, 4.69) is 26.1 Å². The molecule has 0 fully saturated rings. The van der Waals surface area contributed by atoms with Crippen molar-refractivity contribution in [3.63, 3.8) is 0 Å². The number of nitrogens with zero attached hydrogens (tertiary/aromatic N) is 2. The Bertz CT molecular complexity index is 924. The van der Waals surface area contributed by atoms with Crippen molar-refractivity contribution in [1.82, 2.24) is 15.4 Å². The van der Waals surface area contributed by atoms with E-state index in [0.29, 0.717) is 22.9 Å². The number of aromatic nitrogens is 2. The molecule has 2 aromatic carbocycles.